The van der Waals surface area contributed by atoms with Crippen molar-refractivity contribution in [1.82, 2.24) is 9.97 Å². The maximum Gasteiger partial charge on any atom is 0.255 e. The monoisotopic (exact) mass is 543 g/mol. The number of halogens is 2. The van der Waals surface area contributed by atoms with Gasteiger partial charge in [0.2, 0.25) is 5.91 Å². The third-order valence-electron chi connectivity index (χ3n) is 5.46. The van der Waals surface area contributed by atoms with Crippen molar-refractivity contribution >= 4 is 39.7 Å². The molecule has 0 spiro atoms. The van der Waals surface area contributed by atoms with Crippen LogP contribution >= 0.6 is 11.3 Å². The minimum atomic E-state index is -0.833. The molecule has 2 aromatic heterocycles. The number of pyridine rings is 1. The van der Waals surface area contributed by atoms with Crippen molar-refractivity contribution in [3.8, 4) is 11.3 Å². The van der Waals surface area contributed by atoms with Crippen LogP contribution in [0.5, 0.6) is 0 Å². The molecule has 2 heterocycles. The van der Waals surface area contributed by atoms with E-state index in [1.807, 2.05) is 30.5 Å². The van der Waals surface area contributed by atoms with Gasteiger partial charge in [-0.05, 0) is 61.0 Å². The first-order valence-electron chi connectivity index (χ1n) is 11.6. The largest absolute Gasteiger partial charge is 0.366 e. The molecule has 196 valence electrons. The number of nitrogens with zero attached hydrogens (tertiary/aromatic N) is 2. The van der Waals surface area contributed by atoms with E-state index in [2.05, 4.69) is 20.6 Å². The van der Waals surface area contributed by atoms with Crippen molar-refractivity contribution < 1.29 is 18.4 Å². The number of hydrogen-bond donors (Lipinski definition) is 3. The van der Waals surface area contributed by atoms with Gasteiger partial charge in [-0.25, -0.2) is 13.8 Å². The first-order valence-corrected chi connectivity index (χ1v) is 12.5. The fraction of sp³-hybridized carbons (Fsp3) is 0.0345. The fourth-order valence-corrected chi connectivity index (χ4v) is 4.12. The van der Waals surface area contributed by atoms with Crippen LogP contribution in [0.1, 0.15) is 26.3 Å². The van der Waals surface area contributed by atoms with Crippen LogP contribution in [0.15, 0.2) is 96.6 Å². The number of thiazole rings is 1. The van der Waals surface area contributed by atoms with E-state index in [4.69, 9.17) is 5.73 Å². The summed E-state index contributed by atoms with van der Waals surface area (Å²) in [6.45, 7) is 1.90. The van der Waals surface area contributed by atoms with E-state index in [0.29, 0.717) is 21.9 Å². The van der Waals surface area contributed by atoms with Crippen LogP contribution in [-0.4, -0.2) is 21.8 Å². The predicted molar refractivity (Wildman–Crippen MR) is 149 cm³/mol. The second-order valence-electron chi connectivity index (χ2n) is 8.24. The molecule has 0 bridgehead atoms. The summed E-state index contributed by atoms with van der Waals surface area (Å²) in [6, 6.07) is 20.6. The third-order valence-corrected chi connectivity index (χ3v) is 6.22. The molecule has 0 aliphatic carbocycles. The molecule has 5 aromatic rings. The molecule has 0 fully saturated rings. The van der Waals surface area contributed by atoms with Gasteiger partial charge in [-0.1, -0.05) is 24.3 Å². The minimum absolute atomic E-state index is 0.0848. The summed E-state index contributed by atoms with van der Waals surface area (Å²) in [5, 5.41) is 8.30. The van der Waals surface area contributed by atoms with Gasteiger partial charge in [0.25, 0.3) is 5.91 Å². The first kappa shape index (κ1) is 27.1. The molecule has 0 atom stereocenters. The maximum absolute atomic E-state index is 13.8. The lowest BCUT2D eigenvalue weighted by molar-refractivity contribution is 0.0997. The summed E-state index contributed by atoms with van der Waals surface area (Å²) in [5.74, 6) is -2.42. The molecule has 0 saturated heterocycles. The highest BCUT2D eigenvalue weighted by molar-refractivity contribution is 7.14. The molecular weight excluding hydrogens is 520 g/mol. The molecule has 0 saturated carbocycles. The molecule has 0 aliphatic heterocycles. The molecule has 0 unspecified atom stereocenters. The van der Waals surface area contributed by atoms with Gasteiger partial charge in [-0.3, -0.25) is 14.6 Å². The van der Waals surface area contributed by atoms with Crippen molar-refractivity contribution in [1.29, 1.82) is 0 Å². The number of primary amides is 1. The quantitative estimate of drug-likeness (QED) is 0.224. The van der Waals surface area contributed by atoms with E-state index in [1.165, 1.54) is 17.4 Å². The number of amides is 2. The smallest absolute Gasteiger partial charge is 0.255 e. The molecule has 10 heteroatoms. The molecule has 39 heavy (non-hydrogen) atoms. The topological polar surface area (TPSA) is 110 Å². The Kier molecular flexibility index (Phi) is 8.70. The van der Waals surface area contributed by atoms with E-state index in [-0.39, 0.29) is 11.6 Å². The Morgan fingerprint density at radius 2 is 1.62 bits per heavy atom. The van der Waals surface area contributed by atoms with Crippen LogP contribution in [0.25, 0.3) is 11.3 Å². The number of aryl methyl sites for hydroxylation is 1. The Bertz CT molecular complexity index is 1590. The number of aromatic nitrogens is 2. The normalized spacial score (nSPS) is 10.2. The molecule has 5 rings (SSSR count). The van der Waals surface area contributed by atoms with Crippen LogP contribution in [0.4, 0.5) is 25.3 Å². The van der Waals surface area contributed by atoms with Gasteiger partial charge in [0, 0.05) is 46.2 Å². The summed E-state index contributed by atoms with van der Waals surface area (Å²) in [4.78, 5) is 31.5. The van der Waals surface area contributed by atoms with E-state index < -0.39 is 17.5 Å². The highest BCUT2D eigenvalue weighted by atomic mass is 32.1. The predicted octanol–water partition coefficient (Wildman–Crippen LogP) is 6.57. The van der Waals surface area contributed by atoms with E-state index in [0.717, 1.165) is 29.0 Å². The Hall–Kier alpha value is -4.96. The van der Waals surface area contributed by atoms with Crippen LogP contribution < -0.4 is 16.4 Å². The molecule has 0 aliphatic rings. The number of carbonyl (C=O) groups excluding carboxylic acids is 2. The van der Waals surface area contributed by atoms with Gasteiger partial charge < -0.3 is 16.4 Å². The zero-order valence-corrected chi connectivity index (χ0v) is 21.5. The number of benzene rings is 3. The Morgan fingerprint density at radius 3 is 2.28 bits per heavy atom. The number of anilines is 3. The molecule has 7 nitrogen and oxygen atoms in total. The summed E-state index contributed by atoms with van der Waals surface area (Å²) in [7, 11) is 0. The second-order valence-corrected chi connectivity index (χ2v) is 9.10. The van der Waals surface area contributed by atoms with Crippen LogP contribution in [0, 0.1) is 18.6 Å². The van der Waals surface area contributed by atoms with Crippen molar-refractivity contribution in [3.05, 3.63) is 125 Å². The lowest BCUT2D eigenvalue weighted by Gasteiger charge is -2.11. The molecular formula is C29H23F2N5O2S. The molecule has 3 aromatic carbocycles. The van der Waals surface area contributed by atoms with Gasteiger partial charge in [-0.2, -0.15) is 0 Å². The summed E-state index contributed by atoms with van der Waals surface area (Å²) >= 11 is 1.44. The number of carbonyl (C=O) groups is 2. The molecule has 0 radical (unpaired) electrons. The first-order chi connectivity index (χ1) is 18.8. The highest BCUT2D eigenvalue weighted by Gasteiger charge is 2.13. The van der Waals surface area contributed by atoms with Gasteiger partial charge in [0.15, 0.2) is 5.13 Å². The standard InChI is InChI=1S/C22H16F2N4OS.C7H7NO/c1-13-2-3-15(21(29)26-18-5-4-16(23)11-17(18)24)10-19(13)27-22-28-20(12-30-22)14-6-8-25-9-7-14;8-7(9)6-4-2-1-3-5-6/h2-12H,1H3,(H,26,29)(H,27,28);1-5H,(H2,8,9). The zero-order chi connectivity index (χ0) is 27.8. The second kappa shape index (κ2) is 12.5. The lowest BCUT2D eigenvalue weighted by Crippen LogP contribution is -2.13. The Morgan fingerprint density at radius 1 is 0.872 bits per heavy atom. The van der Waals surface area contributed by atoms with Gasteiger partial charge >= 0.3 is 0 Å². The van der Waals surface area contributed by atoms with Crippen LogP contribution in [0.3, 0.4) is 0 Å². The number of rotatable bonds is 6. The fourth-order valence-electron chi connectivity index (χ4n) is 3.39. The lowest BCUT2D eigenvalue weighted by atomic mass is 10.1. The zero-order valence-electron chi connectivity index (χ0n) is 20.7. The minimum Gasteiger partial charge on any atom is -0.366 e. The summed E-state index contributed by atoms with van der Waals surface area (Å²) in [5.41, 5.74) is 9.18. The van der Waals surface area contributed by atoms with E-state index >= 15 is 0 Å². The number of nitrogens with one attached hydrogen (secondary N) is 2. The maximum atomic E-state index is 13.8. The Balaban J connectivity index is 0.000000333. The van der Waals surface area contributed by atoms with Gasteiger partial charge in [0.1, 0.15) is 11.6 Å². The van der Waals surface area contributed by atoms with Gasteiger partial charge in [-0.15, -0.1) is 11.3 Å². The Labute approximate surface area is 227 Å². The summed E-state index contributed by atoms with van der Waals surface area (Å²) < 4.78 is 26.9. The SMILES string of the molecule is Cc1ccc(C(=O)Nc2ccc(F)cc2F)cc1Nc1nc(-c2ccncc2)cs1.NC(=O)c1ccccc1. The average molecular weight is 544 g/mol. The van der Waals surface area contributed by atoms with E-state index in [9.17, 15) is 18.4 Å². The van der Waals surface area contributed by atoms with Crippen LogP contribution in [-0.2, 0) is 0 Å². The van der Waals surface area contributed by atoms with Crippen molar-refractivity contribution in [2.75, 3.05) is 10.6 Å². The van der Waals surface area contributed by atoms with Crippen molar-refractivity contribution in [3.63, 3.8) is 0 Å². The molecule has 2 amide bonds. The molecule has 4 N–H and O–H groups in total. The highest BCUT2D eigenvalue weighted by Crippen LogP contribution is 2.29. The van der Waals surface area contributed by atoms with Crippen molar-refractivity contribution in [2.45, 2.75) is 6.92 Å². The van der Waals surface area contributed by atoms with E-state index in [1.54, 1.807) is 54.9 Å². The summed E-state index contributed by atoms with van der Waals surface area (Å²) in [6.07, 6.45) is 3.41. The number of nitrogens with two attached hydrogens (primary N) is 1. The average Bonchev–Trinajstić information content (AvgIpc) is 3.41. The van der Waals surface area contributed by atoms with Crippen LogP contribution in [0.2, 0.25) is 0 Å². The van der Waals surface area contributed by atoms with Crippen molar-refractivity contribution in [2.24, 2.45) is 5.73 Å². The number of hydrogen-bond acceptors (Lipinski definition) is 6. The third kappa shape index (κ3) is 7.30. The van der Waals surface area contributed by atoms with Gasteiger partial charge in [0.05, 0.1) is 11.4 Å².